The predicted octanol–water partition coefficient (Wildman–Crippen LogP) is 3.66. The van der Waals surface area contributed by atoms with E-state index in [0.717, 1.165) is 13.1 Å². The number of rotatable bonds is 6. The van der Waals surface area contributed by atoms with Gasteiger partial charge in [-0.15, -0.1) is 0 Å². The molecule has 0 unspecified atom stereocenters. The van der Waals surface area contributed by atoms with Crippen molar-refractivity contribution in [3.8, 4) is 0 Å². The summed E-state index contributed by atoms with van der Waals surface area (Å²) in [4.78, 5) is 2.41. The van der Waals surface area contributed by atoms with Crippen molar-refractivity contribution in [1.82, 2.24) is 4.90 Å². The Hall–Kier alpha value is -0.723. The molecular weight excluding hydrogens is 330 g/mol. The maximum Gasteiger partial charge on any atom is 0.192 e. The molecule has 25 heavy (non-hydrogen) atoms. The summed E-state index contributed by atoms with van der Waals surface area (Å²) < 4.78 is 12.5. The lowest BCUT2D eigenvalue weighted by atomic mass is 10.1. The van der Waals surface area contributed by atoms with E-state index in [1.54, 1.807) is 0 Å². The van der Waals surface area contributed by atoms with Crippen LogP contribution in [0.3, 0.4) is 0 Å². The first-order chi connectivity index (χ1) is 11.6. The van der Waals surface area contributed by atoms with E-state index in [1.807, 2.05) is 6.07 Å². The van der Waals surface area contributed by atoms with Crippen LogP contribution in [0, 0.1) is 0 Å². The summed E-state index contributed by atoms with van der Waals surface area (Å²) >= 11 is 0. The second-order valence-corrected chi connectivity index (χ2v) is 13.5. The smallest absolute Gasteiger partial charge is 0.192 e. The fraction of sp³-hybridized carbons (Fsp3) is 0.700. The highest BCUT2D eigenvalue weighted by molar-refractivity contribution is 6.74. The van der Waals surface area contributed by atoms with Crippen LogP contribution in [0.2, 0.25) is 18.1 Å². The Balaban J connectivity index is 2.11. The third-order valence-electron chi connectivity index (χ3n) is 5.71. The molecule has 5 heteroatoms. The number of morpholine rings is 1. The molecule has 1 aromatic carbocycles. The van der Waals surface area contributed by atoms with Gasteiger partial charge in [0.2, 0.25) is 0 Å². The molecule has 1 heterocycles. The van der Waals surface area contributed by atoms with Crippen molar-refractivity contribution in [3.63, 3.8) is 0 Å². The second kappa shape index (κ2) is 8.31. The van der Waals surface area contributed by atoms with Crippen molar-refractivity contribution in [2.24, 2.45) is 0 Å². The number of ether oxygens (including phenoxy) is 1. The van der Waals surface area contributed by atoms with Gasteiger partial charge in [-0.3, -0.25) is 4.90 Å². The Kier molecular flexibility index (Phi) is 6.85. The van der Waals surface area contributed by atoms with Crippen LogP contribution >= 0.6 is 0 Å². The van der Waals surface area contributed by atoms with E-state index in [1.165, 1.54) is 5.56 Å². The monoisotopic (exact) mass is 365 g/mol. The average Bonchev–Trinajstić information content (AvgIpc) is 2.53. The summed E-state index contributed by atoms with van der Waals surface area (Å²) in [5.74, 6) is 0. The SMILES string of the molecule is C[C@@H]1O[C@H](CO)CN(Cc2ccccc2)[C@@H]1CO[Si](C)(C)C(C)(C)C. The Morgan fingerprint density at radius 3 is 2.44 bits per heavy atom. The van der Waals surface area contributed by atoms with Crippen LogP contribution in [-0.2, 0) is 15.7 Å². The molecule has 0 radical (unpaired) electrons. The largest absolute Gasteiger partial charge is 0.415 e. The normalized spacial score (nSPS) is 26.0. The van der Waals surface area contributed by atoms with E-state index in [-0.39, 0.29) is 29.9 Å². The highest BCUT2D eigenvalue weighted by Gasteiger charge is 2.40. The van der Waals surface area contributed by atoms with Gasteiger partial charge in [-0.2, -0.15) is 0 Å². The third kappa shape index (κ3) is 5.38. The number of aliphatic hydroxyl groups excluding tert-OH is 1. The van der Waals surface area contributed by atoms with Crippen LogP contribution in [0.5, 0.6) is 0 Å². The summed E-state index contributed by atoms with van der Waals surface area (Å²) in [6.45, 7) is 15.8. The fourth-order valence-corrected chi connectivity index (χ4v) is 4.00. The molecule has 1 aliphatic rings. The zero-order valence-electron chi connectivity index (χ0n) is 16.7. The third-order valence-corrected chi connectivity index (χ3v) is 10.2. The Morgan fingerprint density at radius 1 is 1.24 bits per heavy atom. The molecular formula is C20H35NO3Si. The van der Waals surface area contributed by atoms with Gasteiger partial charge in [0, 0.05) is 13.1 Å². The minimum absolute atomic E-state index is 0.0411. The zero-order chi connectivity index (χ0) is 18.7. The van der Waals surface area contributed by atoms with Crippen LogP contribution in [0.1, 0.15) is 33.3 Å². The van der Waals surface area contributed by atoms with Crippen LogP contribution in [0.25, 0.3) is 0 Å². The highest BCUT2D eigenvalue weighted by atomic mass is 28.4. The zero-order valence-corrected chi connectivity index (χ0v) is 17.7. The molecule has 3 atom stereocenters. The minimum atomic E-state index is -1.80. The van der Waals surface area contributed by atoms with Crippen molar-refractivity contribution >= 4 is 8.32 Å². The predicted molar refractivity (Wildman–Crippen MR) is 105 cm³/mol. The average molecular weight is 366 g/mol. The maximum absolute atomic E-state index is 9.57. The molecule has 1 saturated heterocycles. The topological polar surface area (TPSA) is 41.9 Å². The molecule has 1 aliphatic heterocycles. The Labute approximate surface area is 154 Å². The van der Waals surface area contributed by atoms with Gasteiger partial charge >= 0.3 is 0 Å². The summed E-state index contributed by atoms with van der Waals surface area (Å²) in [7, 11) is -1.80. The summed E-state index contributed by atoms with van der Waals surface area (Å²) in [5.41, 5.74) is 1.28. The van der Waals surface area contributed by atoms with Crippen LogP contribution in [-0.4, -0.2) is 56.3 Å². The minimum Gasteiger partial charge on any atom is -0.415 e. The Bertz CT molecular complexity index is 529. The van der Waals surface area contributed by atoms with Gasteiger partial charge in [0.25, 0.3) is 0 Å². The Morgan fingerprint density at radius 2 is 1.88 bits per heavy atom. The van der Waals surface area contributed by atoms with Gasteiger partial charge in [-0.1, -0.05) is 51.1 Å². The summed E-state index contributed by atoms with van der Waals surface area (Å²) in [6, 6.07) is 10.7. The van der Waals surface area contributed by atoms with Crippen molar-refractivity contribution < 1.29 is 14.3 Å². The lowest BCUT2D eigenvalue weighted by Crippen LogP contribution is -2.57. The van der Waals surface area contributed by atoms with Crippen molar-refractivity contribution in [1.29, 1.82) is 0 Å². The number of aliphatic hydroxyl groups is 1. The summed E-state index contributed by atoms with van der Waals surface area (Å²) in [5, 5.41) is 9.77. The van der Waals surface area contributed by atoms with Crippen LogP contribution in [0.15, 0.2) is 30.3 Å². The molecule has 0 spiro atoms. The molecule has 4 nitrogen and oxygen atoms in total. The van der Waals surface area contributed by atoms with Gasteiger partial charge in [-0.25, -0.2) is 0 Å². The first-order valence-electron chi connectivity index (χ1n) is 9.32. The number of nitrogens with zero attached hydrogens (tertiary/aromatic N) is 1. The first kappa shape index (κ1) is 20.6. The lowest BCUT2D eigenvalue weighted by molar-refractivity contribution is -0.137. The lowest BCUT2D eigenvalue weighted by Gasteiger charge is -2.45. The van der Waals surface area contributed by atoms with E-state index < -0.39 is 8.32 Å². The van der Waals surface area contributed by atoms with Crippen molar-refractivity contribution in [2.75, 3.05) is 19.8 Å². The molecule has 1 N–H and O–H groups in total. The van der Waals surface area contributed by atoms with E-state index in [9.17, 15) is 5.11 Å². The maximum atomic E-state index is 9.57. The molecule has 0 bridgehead atoms. The van der Waals surface area contributed by atoms with Crippen LogP contribution in [0.4, 0.5) is 0 Å². The fourth-order valence-electron chi connectivity index (χ4n) is 2.98. The first-order valence-corrected chi connectivity index (χ1v) is 12.2. The molecule has 0 aliphatic carbocycles. The van der Waals surface area contributed by atoms with Gasteiger partial charge in [0.05, 0.1) is 31.5 Å². The molecule has 2 rings (SSSR count). The van der Waals surface area contributed by atoms with E-state index in [4.69, 9.17) is 9.16 Å². The molecule has 0 saturated carbocycles. The van der Waals surface area contributed by atoms with Crippen LogP contribution < -0.4 is 0 Å². The second-order valence-electron chi connectivity index (χ2n) is 8.70. The molecule has 142 valence electrons. The molecule has 1 fully saturated rings. The number of benzene rings is 1. The van der Waals surface area contributed by atoms with Gasteiger partial charge < -0.3 is 14.3 Å². The highest BCUT2D eigenvalue weighted by Crippen LogP contribution is 2.37. The summed E-state index contributed by atoms with van der Waals surface area (Å²) in [6.07, 6.45) is -0.0813. The van der Waals surface area contributed by atoms with E-state index >= 15 is 0 Å². The molecule has 1 aromatic rings. The molecule has 0 aromatic heterocycles. The number of hydrogen-bond acceptors (Lipinski definition) is 4. The van der Waals surface area contributed by atoms with Gasteiger partial charge in [-0.05, 0) is 30.6 Å². The number of hydrogen-bond donors (Lipinski definition) is 1. The van der Waals surface area contributed by atoms with Gasteiger partial charge in [0.1, 0.15) is 0 Å². The van der Waals surface area contributed by atoms with E-state index in [2.05, 4.69) is 70.0 Å². The quantitative estimate of drug-likeness (QED) is 0.781. The molecule has 0 amide bonds. The van der Waals surface area contributed by atoms with Crippen molar-refractivity contribution in [3.05, 3.63) is 35.9 Å². The van der Waals surface area contributed by atoms with E-state index in [0.29, 0.717) is 6.61 Å². The van der Waals surface area contributed by atoms with Gasteiger partial charge in [0.15, 0.2) is 8.32 Å². The standard InChI is InChI=1S/C20H35NO3Si/c1-16-19(15-23-25(5,6)20(2,3)4)21(13-18(14-22)24-16)12-17-10-8-7-9-11-17/h7-11,16,18-19,22H,12-15H2,1-6H3/t16-,18-,19+/m0/s1. The van der Waals surface area contributed by atoms with Crippen molar-refractivity contribution in [2.45, 2.75) is 70.6 Å².